The highest BCUT2D eigenvalue weighted by Gasteiger charge is 2.03. The molecule has 1 N–H and O–H groups in total. The van der Waals surface area contributed by atoms with Crippen LogP contribution in [0.1, 0.15) is 17.2 Å². The summed E-state index contributed by atoms with van der Waals surface area (Å²) in [6.07, 6.45) is 4.28. The van der Waals surface area contributed by atoms with Gasteiger partial charge in [0.2, 0.25) is 0 Å². The number of aromatic nitrogens is 5. The Morgan fingerprint density at radius 3 is 2.88 bits per heavy atom. The number of aryl methyl sites for hydroxylation is 3. The Hall–Kier alpha value is -1.98. The molecule has 2 rings (SSSR count). The summed E-state index contributed by atoms with van der Waals surface area (Å²) < 4.78 is 1.91. The summed E-state index contributed by atoms with van der Waals surface area (Å²) in [5, 5.41) is 11.1. The van der Waals surface area contributed by atoms with Crippen LogP contribution in [0.2, 0.25) is 0 Å². The van der Waals surface area contributed by atoms with Crippen molar-refractivity contribution in [1.82, 2.24) is 24.7 Å². The quantitative estimate of drug-likeness (QED) is 0.847. The van der Waals surface area contributed by atoms with Gasteiger partial charge in [-0.2, -0.15) is 0 Å². The van der Waals surface area contributed by atoms with Crippen LogP contribution in [0.15, 0.2) is 12.5 Å². The molecular formula is C11H16N6. The predicted octanol–water partition coefficient (Wildman–Crippen LogP) is 0.877. The van der Waals surface area contributed by atoms with Crippen molar-refractivity contribution in [3.05, 3.63) is 29.7 Å². The molecule has 0 aliphatic rings. The highest BCUT2D eigenvalue weighted by atomic mass is 15.2. The Balaban J connectivity index is 1.94. The van der Waals surface area contributed by atoms with Crippen LogP contribution in [0, 0.1) is 13.8 Å². The first-order chi connectivity index (χ1) is 8.16. The molecule has 6 heteroatoms. The molecule has 0 aliphatic heterocycles. The van der Waals surface area contributed by atoms with Gasteiger partial charge in [0.25, 0.3) is 0 Å². The van der Waals surface area contributed by atoms with E-state index in [0.717, 1.165) is 36.0 Å². The monoisotopic (exact) mass is 232 g/mol. The molecule has 0 amide bonds. The van der Waals surface area contributed by atoms with Crippen molar-refractivity contribution < 1.29 is 0 Å². The van der Waals surface area contributed by atoms with Crippen molar-refractivity contribution in [2.45, 2.75) is 20.3 Å². The molecular weight excluding hydrogens is 216 g/mol. The maximum absolute atomic E-state index is 4.40. The van der Waals surface area contributed by atoms with Crippen molar-refractivity contribution in [2.24, 2.45) is 7.05 Å². The lowest BCUT2D eigenvalue weighted by Crippen LogP contribution is -2.11. The Kier molecular flexibility index (Phi) is 3.32. The van der Waals surface area contributed by atoms with Gasteiger partial charge in [-0.05, 0) is 13.8 Å². The molecule has 0 spiro atoms. The van der Waals surface area contributed by atoms with E-state index in [9.17, 15) is 0 Å². The molecule has 2 heterocycles. The molecule has 0 radical (unpaired) electrons. The molecule has 0 aromatic carbocycles. The molecule has 0 saturated heterocycles. The Morgan fingerprint density at radius 1 is 1.35 bits per heavy atom. The van der Waals surface area contributed by atoms with Gasteiger partial charge in [-0.1, -0.05) is 0 Å². The molecule has 0 atom stereocenters. The second-order valence-corrected chi connectivity index (χ2v) is 3.98. The smallest absolute Gasteiger partial charge is 0.147 e. The van der Waals surface area contributed by atoms with Crippen LogP contribution in [0.25, 0.3) is 0 Å². The number of hydrogen-bond donors (Lipinski definition) is 1. The molecule has 0 aliphatic carbocycles. The standard InChI is InChI=1S/C11H16N6/c1-8-6-13-9(2)11(15-8)12-5-4-10-16-14-7-17(10)3/h6-7H,4-5H2,1-3H3,(H,12,15). The van der Waals surface area contributed by atoms with Crippen molar-refractivity contribution in [3.8, 4) is 0 Å². The highest BCUT2D eigenvalue weighted by molar-refractivity contribution is 5.39. The Morgan fingerprint density at radius 2 is 2.18 bits per heavy atom. The van der Waals surface area contributed by atoms with Crippen molar-refractivity contribution >= 4 is 5.82 Å². The molecule has 0 fully saturated rings. The van der Waals surface area contributed by atoms with Gasteiger partial charge >= 0.3 is 0 Å². The molecule has 0 bridgehead atoms. The highest BCUT2D eigenvalue weighted by Crippen LogP contribution is 2.08. The maximum Gasteiger partial charge on any atom is 0.147 e. The first kappa shape index (κ1) is 11.5. The number of anilines is 1. The SMILES string of the molecule is Cc1cnc(C)c(NCCc2nncn2C)n1. The summed E-state index contributed by atoms with van der Waals surface area (Å²) in [7, 11) is 1.94. The minimum atomic E-state index is 0.769. The summed E-state index contributed by atoms with van der Waals surface area (Å²) in [5.41, 5.74) is 1.82. The summed E-state index contributed by atoms with van der Waals surface area (Å²) in [5.74, 6) is 1.79. The van der Waals surface area contributed by atoms with E-state index in [2.05, 4.69) is 25.5 Å². The molecule has 2 aromatic rings. The fourth-order valence-electron chi connectivity index (χ4n) is 1.53. The van der Waals surface area contributed by atoms with Gasteiger partial charge in [0.05, 0.1) is 11.4 Å². The average molecular weight is 232 g/mol. The van der Waals surface area contributed by atoms with Crippen LogP contribution >= 0.6 is 0 Å². The third-order valence-corrected chi connectivity index (χ3v) is 2.52. The van der Waals surface area contributed by atoms with Crippen LogP contribution in [0.4, 0.5) is 5.82 Å². The van der Waals surface area contributed by atoms with Crippen molar-refractivity contribution in [3.63, 3.8) is 0 Å². The normalized spacial score (nSPS) is 10.5. The number of hydrogen-bond acceptors (Lipinski definition) is 5. The van der Waals surface area contributed by atoms with E-state index >= 15 is 0 Å². The van der Waals surface area contributed by atoms with Crippen LogP contribution in [0.3, 0.4) is 0 Å². The van der Waals surface area contributed by atoms with Gasteiger partial charge in [-0.3, -0.25) is 4.98 Å². The van der Waals surface area contributed by atoms with Gasteiger partial charge in [-0.25, -0.2) is 4.98 Å². The molecule has 2 aromatic heterocycles. The molecule has 0 unspecified atom stereocenters. The third kappa shape index (κ3) is 2.77. The first-order valence-electron chi connectivity index (χ1n) is 5.54. The zero-order chi connectivity index (χ0) is 12.3. The van der Waals surface area contributed by atoms with Crippen LogP contribution in [-0.4, -0.2) is 31.3 Å². The lowest BCUT2D eigenvalue weighted by Gasteiger charge is -2.08. The van der Waals surface area contributed by atoms with Crippen LogP contribution < -0.4 is 5.32 Å². The number of nitrogens with one attached hydrogen (secondary N) is 1. The van der Waals surface area contributed by atoms with E-state index < -0.39 is 0 Å². The van der Waals surface area contributed by atoms with Gasteiger partial charge in [0.1, 0.15) is 18.0 Å². The molecule has 17 heavy (non-hydrogen) atoms. The fraction of sp³-hybridized carbons (Fsp3) is 0.455. The second kappa shape index (κ2) is 4.90. The minimum absolute atomic E-state index is 0.769. The van der Waals surface area contributed by atoms with Gasteiger partial charge in [0.15, 0.2) is 0 Å². The van der Waals surface area contributed by atoms with E-state index in [1.807, 2.05) is 25.5 Å². The minimum Gasteiger partial charge on any atom is -0.368 e. The topological polar surface area (TPSA) is 68.5 Å². The second-order valence-electron chi connectivity index (χ2n) is 3.98. The lowest BCUT2D eigenvalue weighted by molar-refractivity contribution is 0.786. The summed E-state index contributed by atoms with van der Waals surface area (Å²) in [6, 6.07) is 0. The van der Waals surface area contributed by atoms with Gasteiger partial charge in [0, 0.05) is 26.2 Å². The predicted molar refractivity (Wildman–Crippen MR) is 64.7 cm³/mol. The van der Waals surface area contributed by atoms with Gasteiger partial charge < -0.3 is 9.88 Å². The molecule has 90 valence electrons. The van der Waals surface area contributed by atoms with Gasteiger partial charge in [-0.15, -0.1) is 10.2 Å². The number of rotatable bonds is 4. The van der Waals surface area contributed by atoms with Crippen molar-refractivity contribution in [2.75, 3.05) is 11.9 Å². The third-order valence-electron chi connectivity index (χ3n) is 2.52. The zero-order valence-corrected chi connectivity index (χ0v) is 10.3. The lowest BCUT2D eigenvalue weighted by atomic mass is 10.3. The summed E-state index contributed by atoms with van der Waals surface area (Å²) in [4.78, 5) is 8.65. The largest absolute Gasteiger partial charge is 0.368 e. The average Bonchev–Trinajstić information content (AvgIpc) is 2.70. The van der Waals surface area contributed by atoms with Crippen LogP contribution in [0.5, 0.6) is 0 Å². The summed E-state index contributed by atoms with van der Waals surface area (Å²) in [6.45, 7) is 4.64. The van der Waals surface area contributed by atoms with E-state index in [1.165, 1.54) is 0 Å². The Bertz CT molecular complexity index is 504. The molecule has 6 nitrogen and oxygen atoms in total. The maximum atomic E-state index is 4.40. The summed E-state index contributed by atoms with van der Waals surface area (Å²) >= 11 is 0. The first-order valence-corrected chi connectivity index (χ1v) is 5.54. The Labute approximate surface area is 100 Å². The zero-order valence-electron chi connectivity index (χ0n) is 10.3. The van der Waals surface area contributed by atoms with Crippen molar-refractivity contribution in [1.29, 1.82) is 0 Å². The molecule has 0 saturated carbocycles. The van der Waals surface area contributed by atoms with E-state index in [4.69, 9.17) is 0 Å². The van der Waals surface area contributed by atoms with E-state index in [-0.39, 0.29) is 0 Å². The van der Waals surface area contributed by atoms with E-state index in [0.29, 0.717) is 0 Å². The fourth-order valence-corrected chi connectivity index (χ4v) is 1.53. The van der Waals surface area contributed by atoms with Crippen LogP contribution in [-0.2, 0) is 13.5 Å². The van der Waals surface area contributed by atoms with E-state index in [1.54, 1.807) is 12.5 Å². The number of nitrogens with zero attached hydrogens (tertiary/aromatic N) is 5.